The van der Waals surface area contributed by atoms with Crippen molar-refractivity contribution in [1.29, 1.82) is 0 Å². The average Bonchev–Trinajstić information content (AvgIpc) is 2.62. The number of rotatable bonds is 21. The summed E-state index contributed by atoms with van der Waals surface area (Å²) in [6.07, 6.45) is 18.9. The lowest BCUT2D eigenvalue weighted by Crippen LogP contribution is -2.27. The summed E-state index contributed by atoms with van der Waals surface area (Å²) in [5, 5.41) is 17.5. The van der Waals surface area contributed by atoms with E-state index in [1.807, 2.05) is 0 Å². The lowest BCUT2D eigenvalue weighted by atomic mass is 10.0. The Bertz CT molecular complexity index is 357. The van der Waals surface area contributed by atoms with Crippen LogP contribution in [0.25, 0.3) is 0 Å². The fourth-order valence-corrected chi connectivity index (χ4v) is 3.25. The van der Waals surface area contributed by atoms with E-state index in [0.29, 0.717) is 6.61 Å². The van der Waals surface area contributed by atoms with E-state index in [1.54, 1.807) is 0 Å². The van der Waals surface area contributed by atoms with Gasteiger partial charge in [-0.3, -0.25) is 4.79 Å². The molecule has 0 rings (SSSR count). The summed E-state index contributed by atoms with van der Waals surface area (Å²) in [4.78, 5) is 21.4. The van der Waals surface area contributed by atoms with Crippen LogP contribution >= 0.6 is 0 Å². The van der Waals surface area contributed by atoms with Crippen LogP contribution in [-0.4, -0.2) is 34.9 Å². The molecule has 0 aromatic heterocycles. The second-order valence-corrected chi connectivity index (χ2v) is 7.60. The molecule has 0 saturated heterocycles. The number of carboxylic acids is 2. The first-order valence-corrected chi connectivity index (χ1v) is 11.1. The van der Waals surface area contributed by atoms with E-state index in [2.05, 4.69) is 6.92 Å². The molecule has 0 aromatic rings. The zero-order valence-electron chi connectivity index (χ0n) is 17.4. The summed E-state index contributed by atoms with van der Waals surface area (Å²) in [5.41, 5.74) is 0. The molecule has 0 heterocycles. The highest BCUT2D eigenvalue weighted by atomic mass is 16.5. The van der Waals surface area contributed by atoms with Crippen molar-refractivity contribution in [1.82, 2.24) is 0 Å². The summed E-state index contributed by atoms with van der Waals surface area (Å²) >= 11 is 0. The van der Waals surface area contributed by atoms with Crippen molar-refractivity contribution in [3.05, 3.63) is 0 Å². The molecule has 0 aliphatic carbocycles. The molecule has 0 aliphatic heterocycles. The first kappa shape index (κ1) is 25.9. The molecule has 0 saturated carbocycles. The highest BCUT2D eigenvalue weighted by Gasteiger charge is 2.21. The number of hydrogen-bond donors (Lipinski definition) is 2. The smallest absolute Gasteiger partial charge is 0.333 e. The summed E-state index contributed by atoms with van der Waals surface area (Å²) in [5.74, 6) is -2.34. The Morgan fingerprint density at radius 2 is 1.04 bits per heavy atom. The van der Waals surface area contributed by atoms with Crippen LogP contribution in [0, 0.1) is 0 Å². The number of aliphatic carboxylic acids is 2. The third-order valence-electron chi connectivity index (χ3n) is 4.95. The highest BCUT2D eigenvalue weighted by Crippen LogP contribution is 2.13. The number of ether oxygens (including phenoxy) is 1. The van der Waals surface area contributed by atoms with Gasteiger partial charge in [0.25, 0.3) is 0 Å². The second kappa shape index (κ2) is 19.7. The van der Waals surface area contributed by atoms with E-state index in [0.717, 1.165) is 19.3 Å². The van der Waals surface area contributed by atoms with Crippen LogP contribution in [0.5, 0.6) is 0 Å². The van der Waals surface area contributed by atoms with Gasteiger partial charge in [0.1, 0.15) is 0 Å². The molecule has 0 bridgehead atoms. The minimum atomic E-state index is -1.22. The fourth-order valence-electron chi connectivity index (χ4n) is 3.25. The van der Waals surface area contributed by atoms with E-state index in [9.17, 15) is 9.59 Å². The monoisotopic (exact) mass is 386 g/mol. The maximum Gasteiger partial charge on any atom is 0.333 e. The first-order valence-electron chi connectivity index (χ1n) is 11.1. The Kier molecular flexibility index (Phi) is 18.9. The van der Waals surface area contributed by atoms with Gasteiger partial charge in [0.15, 0.2) is 6.10 Å². The SMILES string of the molecule is CCCCCCCCCCCCCCCCCCOC(CC(=O)O)C(=O)O. The summed E-state index contributed by atoms with van der Waals surface area (Å²) in [7, 11) is 0. The molecule has 0 aliphatic rings. The molecule has 2 N–H and O–H groups in total. The third-order valence-corrected chi connectivity index (χ3v) is 4.95. The molecule has 0 radical (unpaired) electrons. The molecular weight excluding hydrogens is 344 g/mol. The van der Waals surface area contributed by atoms with Crippen LogP contribution in [0.1, 0.15) is 116 Å². The van der Waals surface area contributed by atoms with Gasteiger partial charge in [-0.15, -0.1) is 0 Å². The molecule has 1 atom stereocenters. The van der Waals surface area contributed by atoms with Crippen LogP contribution in [0.3, 0.4) is 0 Å². The van der Waals surface area contributed by atoms with Gasteiger partial charge in [0.2, 0.25) is 0 Å². The molecule has 27 heavy (non-hydrogen) atoms. The molecule has 1 unspecified atom stereocenters. The molecule has 5 nitrogen and oxygen atoms in total. The van der Waals surface area contributed by atoms with Gasteiger partial charge in [0, 0.05) is 6.61 Å². The number of carboxylic acid groups (broad SMARTS) is 2. The van der Waals surface area contributed by atoms with Crippen molar-refractivity contribution in [2.24, 2.45) is 0 Å². The zero-order valence-corrected chi connectivity index (χ0v) is 17.4. The number of hydrogen-bond acceptors (Lipinski definition) is 3. The Morgan fingerprint density at radius 1 is 0.667 bits per heavy atom. The fraction of sp³-hybridized carbons (Fsp3) is 0.909. The topological polar surface area (TPSA) is 83.8 Å². The van der Waals surface area contributed by atoms with Gasteiger partial charge >= 0.3 is 11.9 Å². The van der Waals surface area contributed by atoms with E-state index < -0.39 is 24.5 Å². The molecule has 0 aromatic carbocycles. The minimum Gasteiger partial charge on any atom is -0.481 e. The second-order valence-electron chi connectivity index (χ2n) is 7.60. The third kappa shape index (κ3) is 19.5. The minimum absolute atomic E-state index is 0.322. The maximum absolute atomic E-state index is 10.8. The van der Waals surface area contributed by atoms with Crippen molar-refractivity contribution < 1.29 is 24.5 Å². The normalized spacial score (nSPS) is 12.2. The lowest BCUT2D eigenvalue weighted by molar-refractivity contribution is -0.156. The van der Waals surface area contributed by atoms with Crippen molar-refractivity contribution in [2.45, 2.75) is 122 Å². The number of carbonyl (C=O) groups is 2. The Balaban J connectivity index is 3.24. The lowest BCUT2D eigenvalue weighted by Gasteiger charge is -2.11. The van der Waals surface area contributed by atoms with Crippen molar-refractivity contribution >= 4 is 11.9 Å². The summed E-state index contributed by atoms with van der Waals surface area (Å²) in [6, 6.07) is 0. The van der Waals surface area contributed by atoms with Gasteiger partial charge in [0.05, 0.1) is 6.42 Å². The van der Waals surface area contributed by atoms with Crippen LogP contribution in [0.2, 0.25) is 0 Å². The predicted molar refractivity (Wildman–Crippen MR) is 109 cm³/mol. The van der Waals surface area contributed by atoms with Crippen molar-refractivity contribution in [3.8, 4) is 0 Å². The van der Waals surface area contributed by atoms with Crippen molar-refractivity contribution in [3.63, 3.8) is 0 Å². The van der Waals surface area contributed by atoms with Crippen LogP contribution in [0.4, 0.5) is 0 Å². The predicted octanol–water partition coefficient (Wildman–Crippen LogP) is 6.19. The maximum atomic E-state index is 10.8. The highest BCUT2D eigenvalue weighted by molar-refractivity contribution is 5.79. The first-order chi connectivity index (χ1) is 13.1. The van der Waals surface area contributed by atoms with E-state index in [1.165, 1.54) is 83.5 Å². The van der Waals surface area contributed by atoms with Gasteiger partial charge in [-0.05, 0) is 6.42 Å². The van der Waals surface area contributed by atoms with Gasteiger partial charge in [-0.2, -0.15) is 0 Å². The Labute approximate surface area is 165 Å². The molecule has 160 valence electrons. The molecule has 0 amide bonds. The molecule has 5 heteroatoms. The zero-order chi connectivity index (χ0) is 20.2. The van der Waals surface area contributed by atoms with Crippen molar-refractivity contribution in [2.75, 3.05) is 6.61 Å². The number of unbranched alkanes of at least 4 members (excludes halogenated alkanes) is 15. The molecular formula is C22H42O5. The van der Waals surface area contributed by atoms with Crippen LogP contribution < -0.4 is 0 Å². The van der Waals surface area contributed by atoms with E-state index in [4.69, 9.17) is 14.9 Å². The molecule has 0 spiro atoms. The Morgan fingerprint density at radius 3 is 1.37 bits per heavy atom. The molecule has 0 fully saturated rings. The average molecular weight is 387 g/mol. The van der Waals surface area contributed by atoms with E-state index in [-0.39, 0.29) is 0 Å². The Hall–Kier alpha value is -1.10. The standard InChI is InChI=1S/C22H42O5/c1-2-3-4-5-6-7-8-9-10-11-12-13-14-15-16-17-18-27-20(22(25)26)19-21(23)24/h20H,2-19H2,1H3,(H,23,24)(H,25,26). The summed E-state index contributed by atoms with van der Waals surface area (Å²) < 4.78 is 5.15. The summed E-state index contributed by atoms with van der Waals surface area (Å²) in [6.45, 7) is 2.58. The van der Waals surface area contributed by atoms with Gasteiger partial charge < -0.3 is 14.9 Å². The van der Waals surface area contributed by atoms with Crippen LogP contribution in [0.15, 0.2) is 0 Å². The largest absolute Gasteiger partial charge is 0.481 e. The van der Waals surface area contributed by atoms with E-state index >= 15 is 0 Å². The van der Waals surface area contributed by atoms with Crippen LogP contribution in [-0.2, 0) is 14.3 Å². The van der Waals surface area contributed by atoms with Gasteiger partial charge in [-0.25, -0.2) is 4.79 Å². The quantitative estimate of drug-likeness (QED) is 0.230. The van der Waals surface area contributed by atoms with Gasteiger partial charge in [-0.1, -0.05) is 103 Å².